The molecule has 0 saturated heterocycles. The average molecular weight is 565 g/mol. The Morgan fingerprint density at radius 1 is 0.816 bits per heavy atom. The third kappa shape index (κ3) is 8.25. The molecule has 0 aliphatic rings. The van der Waals surface area contributed by atoms with E-state index < -0.39 is 23.9 Å². The van der Waals surface area contributed by atoms with Gasteiger partial charge in [0.1, 0.15) is 9.88 Å². The molecule has 0 amide bonds. The molecule has 0 atom stereocenters. The summed E-state index contributed by atoms with van der Waals surface area (Å²) in [5.41, 5.74) is 1.08. The van der Waals surface area contributed by atoms with Gasteiger partial charge in [-0.2, -0.15) is 0 Å². The van der Waals surface area contributed by atoms with Crippen LogP contribution >= 0.6 is 23.6 Å². The summed E-state index contributed by atoms with van der Waals surface area (Å²) >= 11 is 6.43. The van der Waals surface area contributed by atoms with Gasteiger partial charge in [0.25, 0.3) is 0 Å². The van der Waals surface area contributed by atoms with Crippen LogP contribution in [0.4, 0.5) is 10.7 Å². The normalized spacial score (nSPS) is 10.7. The van der Waals surface area contributed by atoms with Crippen LogP contribution in [0.2, 0.25) is 0 Å². The van der Waals surface area contributed by atoms with Crippen molar-refractivity contribution in [3.8, 4) is 0 Å². The molecule has 2 N–H and O–H groups in total. The Kier molecular flexibility index (Phi) is 11.2. The molecule has 0 saturated carbocycles. The van der Waals surface area contributed by atoms with E-state index in [2.05, 4.69) is 10.6 Å². The fourth-order valence-corrected chi connectivity index (χ4v) is 4.58. The third-order valence-electron chi connectivity index (χ3n) is 4.66. The fraction of sp³-hybridized carbons (Fsp3) is 0.423. The van der Waals surface area contributed by atoms with Crippen LogP contribution in [-0.2, 0) is 18.9 Å². The van der Waals surface area contributed by atoms with Crippen molar-refractivity contribution in [3.05, 3.63) is 45.3 Å². The molecule has 0 fully saturated rings. The standard InChI is InChI=1S/C26H32N2O8S2/c1-8-33-24(31)19-15(7)20(25(32)34-9-2)38-21(19)28-26(37)27-18-11-16(22(29)35-13(3)4)10-17(12-18)23(30)36-14(5)6/h10-14H,8-9H2,1-7H3,(H2,27,28,37). The Balaban J connectivity index is 2.42. The fourth-order valence-electron chi connectivity index (χ4n) is 3.21. The average Bonchev–Trinajstić information content (AvgIpc) is 3.13. The van der Waals surface area contributed by atoms with E-state index in [0.29, 0.717) is 11.3 Å². The highest BCUT2D eigenvalue weighted by Crippen LogP contribution is 2.34. The van der Waals surface area contributed by atoms with E-state index in [-0.39, 0.29) is 57.1 Å². The number of thiophene rings is 1. The number of carbonyl (C=O) groups excluding carboxylic acids is 4. The van der Waals surface area contributed by atoms with Crippen LogP contribution < -0.4 is 10.6 Å². The van der Waals surface area contributed by atoms with Crippen molar-refractivity contribution in [2.45, 2.75) is 60.7 Å². The first kappa shape index (κ1) is 30.7. The molecule has 1 aromatic carbocycles. The molecule has 2 aromatic rings. The molecule has 0 radical (unpaired) electrons. The molecule has 0 aliphatic heterocycles. The van der Waals surface area contributed by atoms with Gasteiger partial charge in [0.15, 0.2) is 5.11 Å². The number of thiocarbonyl (C=S) groups is 1. The molecule has 0 unspecified atom stereocenters. The lowest BCUT2D eigenvalue weighted by atomic mass is 10.1. The summed E-state index contributed by atoms with van der Waals surface area (Å²) in [5, 5.41) is 6.13. The van der Waals surface area contributed by atoms with Gasteiger partial charge < -0.3 is 29.6 Å². The smallest absolute Gasteiger partial charge is 0.348 e. The Bertz CT molecular complexity index is 1180. The molecule has 206 valence electrons. The molecule has 1 heterocycles. The topological polar surface area (TPSA) is 129 Å². The van der Waals surface area contributed by atoms with Crippen LogP contribution in [0.25, 0.3) is 0 Å². The maximum atomic E-state index is 12.7. The van der Waals surface area contributed by atoms with Crippen molar-refractivity contribution < 1.29 is 38.1 Å². The summed E-state index contributed by atoms with van der Waals surface area (Å²) in [5.74, 6) is -2.45. The summed E-state index contributed by atoms with van der Waals surface area (Å²) in [6, 6.07) is 4.33. The zero-order valence-electron chi connectivity index (χ0n) is 22.4. The number of anilines is 2. The lowest BCUT2D eigenvalue weighted by Crippen LogP contribution is -2.21. The van der Waals surface area contributed by atoms with Crippen molar-refractivity contribution in [1.82, 2.24) is 0 Å². The number of ether oxygens (including phenoxy) is 4. The molecule has 2 rings (SSSR count). The Morgan fingerprint density at radius 3 is 1.79 bits per heavy atom. The van der Waals surface area contributed by atoms with Gasteiger partial charge in [-0.3, -0.25) is 0 Å². The maximum absolute atomic E-state index is 12.7. The number of hydrogen-bond acceptors (Lipinski definition) is 10. The molecular weight excluding hydrogens is 532 g/mol. The lowest BCUT2D eigenvalue weighted by molar-refractivity contribution is 0.0375. The summed E-state index contributed by atoms with van der Waals surface area (Å²) in [7, 11) is 0. The van der Waals surface area contributed by atoms with Crippen molar-refractivity contribution in [1.29, 1.82) is 0 Å². The van der Waals surface area contributed by atoms with Crippen LogP contribution in [0.5, 0.6) is 0 Å². The van der Waals surface area contributed by atoms with Gasteiger partial charge in [-0.05, 0) is 84.4 Å². The molecule has 1 aromatic heterocycles. The largest absolute Gasteiger partial charge is 0.462 e. The second kappa shape index (κ2) is 13.9. The minimum Gasteiger partial charge on any atom is -0.462 e. The number of esters is 4. The molecule has 10 nitrogen and oxygen atoms in total. The first-order valence-corrected chi connectivity index (χ1v) is 13.2. The van der Waals surface area contributed by atoms with Crippen molar-refractivity contribution >= 4 is 63.2 Å². The lowest BCUT2D eigenvalue weighted by Gasteiger charge is -2.15. The SMILES string of the molecule is CCOC(=O)c1sc(NC(=S)Nc2cc(C(=O)OC(C)C)cc(C(=O)OC(C)C)c2)c(C(=O)OCC)c1C. The number of carbonyl (C=O) groups is 4. The maximum Gasteiger partial charge on any atom is 0.348 e. The molecule has 0 bridgehead atoms. The Labute approximate surface area is 231 Å². The highest BCUT2D eigenvalue weighted by molar-refractivity contribution is 7.80. The van der Waals surface area contributed by atoms with Gasteiger partial charge in [-0.15, -0.1) is 11.3 Å². The van der Waals surface area contributed by atoms with E-state index in [4.69, 9.17) is 31.2 Å². The van der Waals surface area contributed by atoms with Gasteiger partial charge >= 0.3 is 23.9 Å². The molecule has 0 spiro atoms. The first-order chi connectivity index (χ1) is 17.9. The first-order valence-electron chi connectivity index (χ1n) is 12.0. The predicted octanol–water partition coefficient (Wildman–Crippen LogP) is 5.35. The van der Waals surface area contributed by atoms with Gasteiger partial charge in [0, 0.05) is 5.69 Å². The van der Waals surface area contributed by atoms with Gasteiger partial charge in [-0.25, -0.2) is 19.2 Å². The van der Waals surface area contributed by atoms with E-state index in [0.717, 1.165) is 11.3 Å². The van der Waals surface area contributed by atoms with E-state index in [1.54, 1.807) is 48.5 Å². The molecule has 0 aliphatic carbocycles. The van der Waals surface area contributed by atoms with Gasteiger partial charge in [0.2, 0.25) is 0 Å². The van der Waals surface area contributed by atoms with E-state index in [1.165, 1.54) is 18.2 Å². The second-order valence-corrected chi connectivity index (χ2v) is 9.92. The number of nitrogens with one attached hydrogen (secondary N) is 2. The summed E-state index contributed by atoms with van der Waals surface area (Å²) in [4.78, 5) is 50.5. The monoisotopic (exact) mass is 564 g/mol. The Morgan fingerprint density at radius 2 is 1.32 bits per heavy atom. The van der Waals surface area contributed by atoms with Gasteiger partial charge in [0.05, 0.1) is 42.1 Å². The summed E-state index contributed by atoms with van der Waals surface area (Å²) in [6.07, 6.45) is -0.741. The molecule has 12 heteroatoms. The van der Waals surface area contributed by atoms with Crippen LogP contribution in [0.15, 0.2) is 18.2 Å². The van der Waals surface area contributed by atoms with Crippen LogP contribution in [0, 0.1) is 6.92 Å². The number of rotatable bonds is 10. The molecular formula is C26H32N2O8S2. The number of hydrogen-bond donors (Lipinski definition) is 2. The van der Waals surface area contributed by atoms with Crippen LogP contribution in [0.3, 0.4) is 0 Å². The zero-order chi connectivity index (χ0) is 28.6. The van der Waals surface area contributed by atoms with E-state index in [9.17, 15) is 19.2 Å². The van der Waals surface area contributed by atoms with E-state index in [1.807, 2.05) is 0 Å². The van der Waals surface area contributed by atoms with Crippen molar-refractivity contribution in [2.75, 3.05) is 23.8 Å². The summed E-state index contributed by atoms with van der Waals surface area (Å²) < 4.78 is 20.8. The number of benzene rings is 1. The van der Waals surface area contributed by atoms with Crippen LogP contribution in [0.1, 0.15) is 87.9 Å². The Hall–Kier alpha value is -3.51. The van der Waals surface area contributed by atoms with Crippen LogP contribution in [-0.4, -0.2) is 54.4 Å². The predicted molar refractivity (Wildman–Crippen MR) is 148 cm³/mol. The van der Waals surface area contributed by atoms with Crippen molar-refractivity contribution in [3.63, 3.8) is 0 Å². The third-order valence-corrected chi connectivity index (χ3v) is 6.05. The minimum atomic E-state index is -0.626. The minimum absolute atomic E-state index is 0.0322. The molecule has 38 heavy (non-hydrogen) atoms. The highest BCUT2D eigenvalue weighted by Gasteiger charge is 2.27. The van der Waals surface area contributed by atoms with Gasteiger partial charge in [-0.1, -0.05) is 0 Å². The quantitative estimate of drug-likeness (QED) is 0.220. The van der Waals surface area contributed by atoms with Crippen molar-refractivity contribution in [2.24, 2.45) is 0 Å². The van der Waals surface area contributed by atoms with E-state index >= 15 is 0 Å². The highest BCUT2D eigenvalue weighted by atomic mass is 32.1. The summed E-state index contributed by atoms with van der Waals surface area (Å²) in [6.45, 7) is 12.1. The zero-order valence-corrected chi connectivity index (χ0v) is 24.0. The second-order valence-electron chi connectivity index (χ2n) is 8.49.